The maximum atomic E-state index is 12.0. The van der Waals surface area contributed by atoms with E-state index in [0.29, 0.717) is 6.54 Å². The average Bonchev–Trinajstić information content (AvgIpc) is 2.37. The zero-order valence-corrected chi connectivity index (χ0v) is 14.4. The lowest BCUT2D eigenvalue weighted by Crippen LogP contribution is -2.32. The van der Waals surface area contributed by atoms with E-state index in [4.69, 9.17) is 0 Å². The predicted octanol–water partition coefficient (Wildman–Crippen LogP) is 3.68. The quantitative estimate of drug-likeness (QED) is 0.692. The van der Waals surface area contributed by atoms with Crippen LogP contribution in [0, 0.1) is 0 Å². The fraction of sp³-hybridized carbons (Fsp3) is 0.357. The van der Waals surface area contributed by atoms with Crippen LogP contribution in [0.1, 0.15) is 6.42 Å². The molecule has 104 valence electrons. The Balaban J connectivity index is 2.86. The van der Waals surface area contributed by atoms with Gasteiger partial charge in [-0.1, -0.05) is 6.58 Å². The molecule has 0 radical (unpaired) electrons. The number of benzene rings is 1. The molecule has 0 atom stereocenters. The first-order valence-electron chi connectivity index (χ1n) is 5.99. The lowest BCUT2D eigenvalue weighted by Gasteiger charge is -2.22. The van der Waals surface area contributed by atoms with E-state index in [-0.39, 0.29) is 5.91 Å². The molecule has 0 fully saturated rings. The zero-order chi connectivity index (χ0) is 14.4. The molecule has 0 saturated carbocycles. The van der Waals surface area contributed by atoms with Gasteiger partial charge in [0.05, 0.1) is 0 Å². The predicted molar refractivity (Wildman–Crippen MR) is 87.6 cm³/mol. The van der Waals surface area contributed by atoms with Gasteiger partial charge in [-0.2, -0.15) is 0 Å². The van der Waals surface area contributed by atoms with Crippen LogP contribution in [-0.2, 0) is 4.79 Å². The summed E-state index contributed by atoms with van der Waals surface area (Å²) in [5, 5.41) is 0. The minimum atomic E-state index is -0.0759. The number of rotatable bonds is 6. The second kappa shape index (κ2) is 7.82. The van der Waals surface area contributed by atoms with Crippen molar-refractivity contribution in [2.24, 2.45) is 0 Å². The van der Waals surface area contributed by atoms with Crippen molar-refractivity contribution in [3.05, 3.63) is 39.8 Å². The lowest BCUT2D eigenvalue weighted by molar-refractivity contribution is -0.114. The Morgan fingerprint density at radius 1 is 1.26 bits per heavy atom. The van der Waals surface area contributed by atoms with Gasteiger partial charge in [0.15, 0.2) is 0 Å². The van der Waals surface area contributed by atoms with Gasteiger partial charge >= 0.3 is 0 Å². The Kier molecular flexibility index (Phi) is 6.75. The van der Waals surface area contributed by atoms with Crippen LogP contribution in [0.25, 0.3) is 0 Å². The van der Waals surface area contributed by atoms with Crippen LogP contribution in [-0.4, -0.2) is 38.0 Å². The Labute approximate surface area is 131 Å². The first-order valence-corrected chi connectivity index (χ1v) is 7.58. The highest BCUT2D eigenvalue weighted by atomic mass is 79.9. The molecule has 5 heteroatoms. The summed E-state index contributed by atoms with van der Waals surface area (Å²) < 4.78 is 1.90. The van der Waals surface area contributed by atoms with Gasteiger partial charge in [0.2, 0.25) is 5.91 Å². The summed E-state index contributed by atoms with van der Waals surface area (Å²) in [4.78, 5) is 15.8. The van der Waals surface area contributed by atoms with Crippen LogP contribution < -0.4 is 4.90 Å². The zero-order valence-electron chi connectivity index (χ0n) is 11.2. The van der Waals surface area contributed by atoms with Crippen molar-refractivity contribution >= 4 is 43.5 Å². The SMILES string of the molecule is C=CC(=O)N(CCCN(C)C)c1ccc(Br)c(Br)c1. The van der Waals surface area contributed by atoms with Crippen molar-refractivity contribution in [3.8, 4) is 0 Å². The topological polar surface area (TPSA) is 23.6 Å². The molecule has 0 aliphatic heterocycles. The Morgan fingerprint density at radius 3 is 2.47 bits per heavy atom. The van der Waals surface area contributed by atoms with Crippen molar-refractivity contribution in [2.45, 2.75) is 6.42 Å². The summed E-state index contributed by atoms with van der Waals surface area (Å²) in [6, 6.07) is 5.78. The number of nitrogens with zero attached hydrogens (tertiary/aromatic N) is 2. The molecule has 0 heterocycles. The van der Waals surface area contributed by atoms with E-state index in [1.165, 1.54) is 6.08 Å². The summed E-state index contributed by atoms with van der Waals surface area (Å²) in [6.07, 6.45) is 2.27. The van der Waals surface area contributed by atoms with Crippen molar-refractivity contribution in [3.63, 3.8) is 0 Å². The molecule has 0 bridgehead atoms. The average molecular weight is 390 g/mol. The lowest BCUT2D eigenvalue weighted by atomic mass is 10.2. The first-order chi connectivity index (χ1) is 8.95. The number of anilines is 1. The Morgan fingerprint density at radius 2 is 1.95 bits per heavy atom. The molecule has 1 rings (SSSR count). The standard InChI is InChI=1S/C14H18Br2N2O/c1-4-14(19)18(9-5-8-17(2)3)11-6-7-12(15)13(16)10-11/h4,6-7,10H,1,5,8-9H2,2-3H3. The van der Waals surface area contributed by atoms with E-state index in [1.807, 2.05) is 32.3 Å². The van der Waals surface area contributed by atoms with Gasteiger partial charge in [0.25, 0.3) is 0 Å². The molecular weight excluding hydrogens is 372 g/mol. The number of carbonyl (C=O) groups excluding carboxylic acids is 1. The van der Waals surface area contributed by atoms with Crippen LogP contribution in [0.15, 0.2) is 39.8 Å². The fourth-order valence-corrected chi connectivity index (χ4v) is 2.29. The number of hydrogen-bond acceptors (Lipinski definition) is 2. The van der Waals surface area contributed by atoms with Gasteiger partial charge in [-0.15, -0.1) is 0 Å². The molecule has 0 N–H and O–H groups in total. The van der Waals surface area contributed by atoms with Crippen LogP contribution in [0.5, 0.6) is 0 Å². The van der Waals surface area contributed by atoms with Crippen LogP contribution >= 0.6 is 31.9 Å². The molecule has 0 aliphatic carbocycles. The van der Waals surface area contributed by atoms with Crippen molar-refractivity contribution in [2.75, 3.05) is 32.1 Å². The molecule has 0 saturated heterocycles. The Hall–Kier alpha value is -0.650. The summed E-state index contributed by atoms with van der Waals surface area (Å²) in [6.45, 7) is 5.19. The second-order valence-electron chi connectivity index (χ2n) is 4.45. The third kappa shape index (κ3) is 5.09. The molecule has 1 amide bonds. The summed E-state index contributed by atoms with van der Waals surface area (Å²) in [7, 11) is 4.05. The van der Waals surface area contributed by atoms with Gasteiger partial charge in [0.1, 0.15) is 0 Å². The molecule has 1 aromatic rings. The largest absolute Gasteiger partial charge is 0.309 e. The highest BCUT2D eigenvalue weighted by Gasteiger charge is 2.13. The molecule has 0 aromatic heterocycles. The third-order valence-electron chi connectivity index (χ3n) is 2.64. The molecular formula is C14H18Br2N2O. The highest BCUT2D eigenvalue weighted by molar-refractivity contribution is 9.13. The summed E-state index contributed by atoms with van der Waals surface area (Å²) in [5.41, 5.74) is 0.874. The van der Waals surface area contributed by atoms with Gasteiger partial charge in [-0.25, -0.2) is 0 Å². The van der Waals surface area contributed by atoms with Gasteiger partial charge in [-0.05, 0) is 83.2 Å². The number of hydrogen-bond donors (Lipinski definition) is 0. The van der Waals surface area contributed by atoms with E-state index in [1.54, 1.807) is 4.90 Å². The fourth-order valence-electron chi connectivity index (χ4n) is 1.67. The third-order valence-corrected chi connectivity index (χ3v) is 4.52. The van der Waals surface area contributed by atoms with E-state index in [9.17, 15) is 4.79 Å². The van der Waals surface area contributed by atoms with Crippen molar-refractivity contribution < 1.29 is 4.79 Å². The molecule has 1 aromatic carbocycles. The van der Waals surface area contributed by atoms with Gasteiger partial charge in [-0.3, -0.25) is 4.79 Å². The molecule has 0 unspecified atom stereocenters. The van der Waals surface area contributed by atoms with Gasteiger partial charge in [0, 0.05) is 21.2 Å². The van der Waals surface area contributed by atoms with E-state index >= 15 is 0 Å². The summed E-state index contributed by atoms with van der Waals surface area (Å²) in [5.74, 6) is -0.0759. The van der Waals surface area contributed by atoms with Gasteiger partial charge < -0.3 is 9.80 Å². The van der Waals surface area contributed by atoms with Crippen molar-refractivity contribution in [1.29, 1.82) is 0 Å². The number of halogens is 2. The molecule has 3 nitrogen and oxygen atoms in total. The van der Waals surface area contributed by atoms with Crippen molar-refractivity contribution in [1.82, 2.24) is 4.90 Å². The minimum Gasteiger partial charge on any atom is -0.309 e. The van der Waals surface area contributed by atoms with E-state index in [0.717, 1.165) is 27.6 Å². The second-order valence-corrected chi connectivity index (χ2v) is 6.16. The molecule has 0 spiro atoms. The van der Waals surface area contributed by atoms with E-state index in [2.05, 4.69) is 43.3 Å². The number of carbonyl (C=O) groups is 1. The Bertz CT molecular complexity index is 461. The number of amides is 1. The highest BCUT2D eigenvalue weighted by Crippen LogP contribution is 2.28. The minimum absolute atomic E-state index is 0.0759. The molecule has 19 heavy (non-hydrogen) atoms. The molecule has 0 aliphatic rings. The van der Waals surface area contributed by atoms with Crippen LogP contribution in [0.2, 0.25) is 0 Å². The van der Waals surface area contributed by atoms with E-state index < -0.39 is 0 Å². The maximum absolute atomic E-state index is 12.0. The monoisotopic (exact) mass is 388 g/mol. The maximum Gasteiger partial charge on any atom is 0.250 e. The summed E-state index contributed by atoms with van der Waals surface area (Å²) >= 11 is 6.89. The van der Waals surface area contributed by atoms with Crippen LogP contribution in [0.4, 0.5) is 5.69 Å². The normalized spacial score (nSPS) is 10.6. The smallest absolute Gasteiger partial charge is 0.250 e. The van der Waals surface area contributed by atoms with Crippen LogP contribution in [0.3, 0.4) is 0 Å². The first kappa shape index (κ1) is 16.4.